The van der Waals surface area contributed by atoms with Crippen LogP contribution in [0, 0.1) is 0 Å². The number of thiophene rings is 1. The van der Waals surface area contributed by atoms with E-state index in [4.69, 9.17) is 0 Å². The summed E-state index contributed by atoms with van der Waals surface area (Å²) in [6, 6.07) is 75.9. The van der Waals surface area contributed by atoms with Gasteiger partial charge in [-0.2, -0.15) is 0 Å². The maximum Gasteiger partial charge on any atom is 0.0540 e. The van der Waals surface area contributed by atoms with Crippen molar-refractivity contribution in [3.63, 3.8) is 0 Å². The van der Waals surface area contributed by atoms with Gasteiger partial charge in [-0.15, -0.1) is 11.3 Å². The van der Waals surface area contributed by atoms with Crippen LogP contribution in [0.25, 0.3) is 87.0 Å². The SMILES string of the molecule is C1=Cc2c(n(-c3cccc(-c4ccc(N(c5cccc(-c6ccc7ccccc7c6)c5)c5ccccc5-c5ccc6sc7ccccc7c6c5)cc4)c3)c3ccccc23)CC1. The predicted octanol–water partition coefficient (Wildman–Crippen LogP) is 16.6. The fourth-order valence-electron chi connectivity index (χ4n) is 9.52. The first-order valence-electron chi connectivity index (χ1n) is 21.1. The normalized spacial score (nSPS) is 12.4. The molecular formula is C58H40N2S. The highest BCUT2D eigenvalue weighted by Gasteiger charge is 2.21. The van der Waals surface area contributed by atoms with Gasteiger partial charge in [-0.25, -0.2) is 0 Å². The molecular weight excluding hydrogens is 757 g/mol. The monoisotopic (exact) mass is 796 g/mol. The second kappa shape index (κ2) is 14.7. The zero-order valence-corrected chi connectivity index (χ0v) is 34.3. The minimum Gasteiger partial charge on any atom is -0.313 e. The van der Waals surface area contributed by atoms with Crippen molar-refractivity contribution in [2.24, 2.45) is 0 Å². The highest BCUT2D eigenvalue weighted by atomic mass is 32.1. The van der Waals surface area contributed by atoms with Crippen molar-refractivity contribution in [2.75, 3.05) is 4.90 Å². The van der Waals surface area contributed by atoms with Gasteiger partial charge in [0.2, 0.25) is 0 Å². The highest BCUT2D eigenvalue weighted by molar-refractivity contribution is 7.25. The molecule has 2 heterocycles. The summed E-state index contributed by atoms with van der Waals surface area (Å²) >= 11 is 1.86. The standard InChI is InChI=1S/C58H40N2S/c1-2-14-41-35-44(28-27-39(41)13-1)43-16-12-17-47(37-43)59(54-23-7-3-19-49(54)45-31-34-58-53(38-45)52-22-6-10-26-57(52)61-58)46-32-29-40(30-33-46)42-15-11-18-48(36-42)60-55-24-8-4-20-50(55)51-21-5-9-25-56(51)60/h1-8,10-24,26-38H,9,25H2. The molecule has 288 valence electrons. The molecule has 0 spiro atoms. The second-order valence-corrected chi connectivity index (χ2v) is 17.1. The average molecular weight is 797 g/mol. The molecule has 0 saturated carbocycles. The van der Waals surface area contributed by atoms with Crippen LogP contribution in [0.5, 0.6) is 0 Å². The largest absolute Gasteiger partial charge is 0.313 e. The third-order valence-corrected chi connectivity index (χ3v) is 13.6. The van der Waals surface area contributed by atoms with Crippen LogP contribution in [0.2, 0.25) is 0 Å². The van der Waals surface area contributed by atoms with Crippen molar-refractivity contribution in [3.05, 3.63) is 224 Å². The van der Waals surface area contributed by atoms with Crippen molar-refractivity contribution in [3.8, 4) is 39.1 Å². The molecule has 0 bridgehead atoms. The highest BCUT2D eigenvalue weighted by Crippen LogP contribution is 2.44. The van der Waals surface area contributed by atoms with E-state index in [1.54, 1.807) is 0 Å². The van der Waals surface area contributed by atoms with Crippen molar-refractivity contribution >= 4 is 76.3 Å². The number of para-hydroxylation sites is 2. The van der Waals surface area contributed by atoms with Crippen molar-refractivity contribution in [1.82, 2.24) is 4.57 Å². The Morgan fingerprint density at radius 1 is 0.443 bits per heavy atom. The lowest BCUT2D eigenvalue weighted by atomic mass is 9.98. The molecule has 0 N–H and O–H groups in total. The number of allylic oxidation sites excluding steroid dienone is 1. The summed E-state index contributed by atoms with van der Waals surface area (Å²) in [4.78, 5) is 2.43. The molecule has 1 aliphatic carbocycles. The van der Waals surface area contributed by atoms with E-state index in [-0.39, 0.29) is 0 Å². The number of hydrogen-bond donors (Lipinski definition) is 0. The smallest absolute Gasteiger partial charge is 0.0540 e. The van der Waals surface area contributed by atoms with E-state index in [1.165, 1.54) is 92.2 Å². The molecule has 0 amide bonds. The van der Waals surface area contributed by atoms with Gasteiger partial charge in [0.05, 0.1) is 11.2 Å². The van der Waals surface area contributed by atoms with E-state index in [2.05, 4.69) is 228 Å². The Labute approximate surface area is 359 Å². The molecule has 12 rings (SSSR count). The van der Waals surface area contributed by atoms with Gasteiger partial charge in [0, 0.05) is 59.4 Å². The van der Waals surface area contributed by atoms with E-state index < -0.39 is 0 Å². The lowest BCUT2D eigenvalue weighted by Gasteiger charge is -2.28. The number of hydrogen-bond acceptors (Lipinski definition) is 2. The van der Waals surface area contributed by atoms with Crippen molar-refractivity contribution in [2.45, 2.75) is 12.8 Å². The third-order valence-electron chi connectivity index (χ3n) is 12.4. The first-order chi connectivity index (χ1) is 30.2. The average Bonchev–Trinajstić information content (AvgIpc) is 3.88. The van der Waals surface area contributed by atoms with E-state index in [9.17, 15) is 0 Å². The van der Waals surface area contributed by atoms with E-state index in [0.29, 0.717) is 0 Å². The second-order valence-electron chi connectivity index (χ2n) is 16.0. The summed E-state index contributed by atoms with van der Waals surface area (Å²) in [7, 11) is 0. The van der Waals surface area contributed by atoms with E-state index in [0.717, 1.165) is 29.9 Å². The first kappa shape index (κ1) is 35.5. The molecule has 1 aliphatic rings. The number of benzene rings is 9. The van der Waals surface area contributed by atoms with Crippen molar-refractivity contribution < 1.29 is 0 Å². The van der Waals surface area contributed by atoms with Crippen LogP contribution in [0.3, 0.4) is 0 Å². The van der Waals surface area contributed by atoms with Gasteiger partial charge >= 0.3 is 0 Å². The summed E-state index contributed by atoms with van der Waals surface area (Å²) in [5.41, 5.74) is 15.7. The molecule has 61 heavy (non-hydrogen) atoms. The fraction of sp³-hybridized carbons (Fsp3) is 0.0345. The number of rotatable bonds is 7. The predicted molar refractivity (Wildman–Crippen MR) is 262 cm³/mol. The molecule has 11 aromatic rings. The Balaban J connectivity index is 0.984. The maximum atomic E-state index is 2.48. The van der Waals surface area contributed by atoms with E-state index in [1.807, 2.05) is 11.3 Å². The van der Waals surface area contributed by atoms with Gasteiger partial charge in [0.25, 0.3) is 0 Å². The zero-order chi connectivity index (χ0) is 40.3. The molecule has 2 nitrogen and oxygen atoms in total. The van der Waals surface area contributed by atoms with Crippen LogP contribution in [-0.4, -0.2) is 4.57 Å². The van der Waals surface area contributed by atoms with Crippen molar-refractivity contribution in [1.29, 1.82) is 0 Å². The van der Waals surface area contributed by atoms with Gasteiger partial charge < -0.3 is 9.47 Å². The minimum absolute atomic E-state index is 1.04. The summed E-state index contributed by atoms with van der Waals surface area (Å²) in [5.74, 6) is 0. The van der Waals surface area contributed by atoms with Gasteiger partial charge in [-0.05, 0) is 124 Å². The third kappa shape index (κ3) is 6.17. The van der Waals surface area contributed by atoms with Gasteiger partial charge in [-0.1, -0.05) is 146 Å². The van der Waals surface area contributed by atoms with Crippen LogP contribution in [0.15, 0.2) is 212 Å². The molecule has 9 aromatic carbocycles. The van der Waals surface area contributed by atoms with Crippen LogP contribution in [0.1, 0.15) is 17.7 Å². The molecule has 0 radical (unpaired) electrons. The molecule has 0 saturated heterocycles. The summed E-state index contributed by atoms with van der Waals surface area (Å²) < 4.78 is 5.10. The van der Waals surface area contributed by atoms with Gasteiger partial charge in [-0.3, -0.25) is 0 Å². The lowest BCUT2D eigenvalue weighted by molar-refractivity contribution is 0.889. The molecule has 0 unspecified atom stereocenters. The first-order valence-corrected chi connectivity index (χ1v) is 21.9. The Bertz CT molecular complexity index is 3490. The topological polar surface area (TPSA) is 8.17 Å². The van der Waals surface area contributed by atoms with Crippen LogP contribution in [0.4, 0.5) is 17.1 Å². The molecule has 2 aromatic heterocycles. The van der Waals surface area contributed by atoms with Crippen LogP contribution in [-0.2, 0) is 6.42 Å². The van der Waals surface area contributed by atoms with Gasteiger partial charge in [0.15, 0.2) is 0 Å². The number of nitrogens with zero attached hydrogens (tertiary/aromatic N) is 2. The molecule has 3 heteroatoms. The quantitative estimate of drug-likeness (QED) is 0.156. The number of aromatic nitrogens is 1. The van der Waals surface area contributed by atoms with E-state index >= 15 is 0 Å². The summed E-state index contributed by atoms with van der Waals surface area (Å²) in [6.07, 6.45) is 6.72. The Kier molecular flexibility index (Phi) is 8.53. The lowest BCUT2D eigenvalue weighted by Crippen LogP contribution is -2.11. The molecule has 0 aliphatic heterocycles. The maximum absolute atomic E-state index is 2.48. The Hall–Kier alpha value is -7.46. The minimum atomic E-state index is 1.04. The fourth-order valence-corrected chi connectivity index (χ4v) is 10.6. The molecule has 0 fully saturated rings. The zero-order valence-electron chi connectivity index (χ0n) is 33.5. The summed E-state index contributed by atoms with van der Waals surface area (Å²) in [5, 5.41) is 6.41. The summed E-state index contributed by atoms with van der Waals surface area (Å²) in [6.45, 7) is 0. The van der Waals surface area contributed by atoms with Crippen LogP contribution >= 0.6 is 11.3 Å². The van der Waals surface area contributed by atoms with Gasteiger partial charge in [0.1, 0.15) is 0 Å². The van der Waals surface area contributed by atoms with Crippen LogP contribution < -0.4 is 4.90 Å². The molecule has 0 atom stereocenters. The Morgan fingerprint density at radius 3 is 2.07 bits per heavy atom. The number of fused-ring (bicyclic) bond motifs is 7. The Morgan fingerprint density at radius 2 is 1.15 bits per heavy atom. The number of anilines is 3.